The summed E-state index contributed by atoms with van der Waals surface area (Å²) >= 11 is 0. The highest BCUT2D eigenvalue weighted by Crippen LogP contribution is 2.11. The molecule has 0 bridgehead atoms. The van der Waals surface area contributed by atoms with Crippen molar-refractivity contribution < 1.29 is 4.79 Å². The smallest absolute Gasteiger partial charge is 0.267 e. The number of aryl methyl sites for hydroxylation is 1. The minimum absolute atomic E-state index is 0.0875. The molecule has 0 radical (unpaired) electrons. The third-order valence-electron chi connectivity index (χ3n) is 4.58. The van der Waals surface area contributed by atoms with Crippen molar-refractivity contribution in [2.24, 2.45) is 0 Å². The minimum Gasteiger partial charge on any atom is -0.352 e. The van der Waals surface area contributed by atoms with Crippen LogP contribution in [0.4, 0.5) is 0 Å². The summed E-state index contributed by atoms with van der Waals surface area (Å²) in [5.74, 6) is -0.319. The van der Waals surface area contributed by atoms with Crippen LogP contribution in [0.1, 0.15) is 49.9 Å². The number of carbonyl (C=O) groups is 1. The van der Waals surface area contributed by atoms with Crippen molar-refractivity contribution in [3.05, 3.63) is 51.9 Å². The van der Waals surface area contributed by atoms with Crippen molar-refractivity contribution in [1.29, 1.82) is 5.41 Å². The lowest BCUT2D eigenvalue weighted by molar-refractivity contribution is 0.0950. The van der Waals surface area contributed by atoms with Crippen LogP contribution in [0.25, 0.3) is 16.7 Å². The average Bonchev–Trinajstić information content (AvgIpc) is 2.67. The molecule has 1 amide bonds. The van der Waals surface area contributed by atoms with Gasteiger partial charge in [-0.1, -0.05) is 32.8 Å². The molecule has 0 aliphatic carbocycles. The molecule has 3 rings (SSSR count). The van der Waals surface area contributed by atoms with Gasteiger partial charge < -0.3 is 9.88 Å². The van der Waals surface area contributed by atoms with Gasteiger partial charge in [0.2, 0.25) is 0 Å². The van der Waals surface area contributed by atoms with Crippen LogP contribution in [0.3, 0.4) is 0 Å². The lowest BCUT2D eigenvalue weighted by Crippen LogP contribution is -2.35. The molecule has 0 spiro atoms. The first-order valence-corrected chi connectivity index (χ1v) is 9.46. The van der Waals surface area contributed by atoms with Crippen molar-refractivity contribution in [2.45, 2.75) is 46.1 Å². The molecule has 27 heavy (non-hydrogen) atoms. The van der Waals surface area contributed by atoms with Gasteiger partial charge in [-0.05, 0) is 31.0 Å². The Hall–Kier alpha value is -2.96. The standard InChI is InChI=1S/C20H25N5O2/c1-3-5-7-10-22-19(26)14-13-15-18(25(11-4-2)17(14)21)23-16-9-6-8-12-24(16)20(15)27/h6,8-9,12-13,21H,3-5,7,10-11H2,1-2H3,(H,22,26). The number of pyridine rings is 2. The molecule has 3 aromatic rings. The lowest BCUT2D eigenvalue weighted by Gasteiger charge is -2.14. The van der Waals surface area contributed by atoms with Crippen LogP contribution >= 0.6 is 0 Å². The molecule has 0 aliphatic heterocycles. The van der Waals surface area contributed by atoms with Gasteiger partial charge in [0, 0.05) is 19.3 Å². The van der Waals surface area contributed by atoms with Crippen molar-refractivity contribution >= 4 is 22.6 Å². The van der Waals surface area contributed by atoms with Gasteiger partial charge in [-0.2, -0.15) is 0 Å². The van der Waals surface area contributed by atoms with Crippen LogP contribution in [0.5, 0.6) is 0 Å². The summed E-state index contributed by atoms with van der Waals surface area (Å²) < 4.78 is 3.12. The van der Waals surface area contributed by atoms with E-state index in [-0.39, 0.29) is 22.5 Å². The number of unbranched alkanes of at least 4 members (excludes halogenated alkanes) is 2. The van der Waals surface area contributed by atoms with Gasteiger partial charge in [-0.15, -0.1) is 0 Å². The average molecular weight is 367 g/mol. The number of carbonyl (C=O) groups excluding carboxylic acids is 1. The largest absolute Gasteiger partial charge is 0.352 e. The Bertz CT molecular complexity index is 1100. The molecular weight excluding hydrogens is 342 g/mol. The third-order valence-corrected chi connectivity index (χ3v) is 4.58. The Labute approximate surface area is 157 Å². The van der Waals surface area contributed by atoms with Crippen LogP contribution in [0, 0.1) is 5.41 Å². The Morgan fingerprint density at radius 2 is 2.04 bits per heavy atom. The second-order valence-electron chi connectivity index (χ2n) is 6.60. The van der Waals surface area contributed by atoms with Gasteiger partial charge in [0.1, 0.15) is 16.8 Å². The molecule has 0 atom stereocenters. The second-order valence-corrected chi connectivity index (χ2v) is 6.60. The molecule has 2 N–H and O–H groups in total. The van der Waals surface area contributed by atoms with E-state index in [4.69, 9.17) is 5.41 Å². The van der Waals surface area contributed by atoms with Gasteiger partial charge >= 0.3 is 0 Å². The maximum atomic E-state index is 12.9. The van der Waals surface area contributed by atoms with Crippen molar-refractivity contribution in [3.63, 3.8) is 0 Å². The predicted molar refractivity (Wildman–Crippen MR) is 105 cm³/mol. The van der Waals surface area contributed by atoms with Crippen LogP contribution < -0.4 is 16.4 Å². The van der Waals surface area contributed by atoms with Crippen LogP contribution in [0.2, 0.25) is 0 Å². The maximum absolute atomic E-state index is 12.9. The fourth-order valence-electron chi connectivity index (χ4n) is 3.17. The number of amides is 1. The summed E-state index contributed by atoms with van der Waals surface area (Å²) in [6.45, 7) is 5.17. The topological polar surface area (TPSA) is 92.2 Å². The first kappa shape index (κ1) is 18.8. The monoisotopic (exact) mass is 367 g/mol. The van der Waals surface area contributed by atoms with E-state index in [1.165, 1.54) is 10.5 Å². The number of nitrogens with one attached hydrogen (secondary N) is 2. The van der Waals surface area contributed by atoms with Gasteiger partial charge in [-0.25, -0.2) is 4.98 Å². The molecule has 0 unspecified atom stereocenters. The van der Waals surface area contributed by atoms with Crippen molar-refractivity contribution in [1.82, 2.24) is 19.3 Å². The van der Waals surface area contributed by atoms with E-state index in [1.807, 2.05) is 13.0 Å². The highest BCUT2D eigenvalue weighted by atomic mass is 16.1. The van der Waals surface area contributed by atoms with E-state index in [1.54, 1.807) is 22.9 Å². The van der Waals surface area contributed by atoms with Crippen molar-refractivity contribution in [3.8, 4) is 0 Å². The zero-order chi connectivity index (χ0) is 19.4. The second kappa shape index (κ2) is 8.16. The molecule has 7 nitrogen and oxygen atoms in total. The maximum Gasteiger partial charge on any atom is 0.267 e. The summed E-state index contributed by atoms with van der Waals surface area (Å²) in [6.07, 6.45) is 5.43. The van der Waals surface area contributed by atoms with E-state index in [0.717, 1.165) is 25.7 Å². The SMILES string of the molecule is CCCCCNC(=O)c1cc2c(=O)n3ccccc3nc2n(CCC)c1=N. The molecule has 0 aliphatic rings. The Morgan fingerprint density at radius 3 is 2.78 bits per heavy atom. The normalized spacial score (nSPS) is 11.2. The lowest BCUT2D eigenvalue weighted by atomic mass is 10.2. The molecule has 3 heterocycles. The summed E-state index contributed by atoms with van der Waals surface area (Å²) in [5.41, 5.74) is 1.03. The van der Waals surface area contributed by atoms with Gasteiger partial charge in [0.25, 0.3) is 11.5 Å². The first-order valence-electron chi connectivity index (χ1n) is 9.46. The molecular formula is C20H25N5O2. The summed E-state index contributed by atoms with van der Waals surface area (Å²) in [6, 6.07) is 6.85. The zero-order valence-corrected chi connectivity index (χ0v) is 15.8. The minimum atomic E-state index is -0.319. The number of aromatic nitrogens is 3. The molecule has 3 aromatic heterocycles. The molecule has 0 aromatic carbocycles. The highest BCUT2D eigenvalue weighted by molar-refractivity contribution is 5.96. The molecule has 0 fully saturated rings. The molecule has 0 saturated heterocycles. The van der Waals surface area contributed by atoms with Crippen molar-refractivity contribution in [2.75, 3.05) is 6.54 Å². The van der Waals surface area contributed by atoms with Crippen LogP contribution in [-0.2, 0) is 6.54 Å². The fraction of sp³-hybridized carbons (Fsp3) is 0.400. The Balaban J connectivity index is 2.18. The number of fused-ring (bicyclic) bond motifs is 2. The third kappa shape index (κ3) is 3.63. The van der Waals surface area contributed by atoms with Crippen LogP contribution in [0.15, 0.2) is 35.3 Å². The quantitative estimate of drug-likeness (QED) is 0.496. The number of hydrogen-bond donors (Lipinski definition) is 2. The van der Waals surface area contributed by atoms with E-state index in [2.05, 4.69) is 17.2 Å². The number of nitrogens with zero attached hydrogens (tertiary/aromatic N) is 3. The van der Waals surface area contributed by atoms with Gasteiger partial charge in [0.05, 0.1) is 10.9 Å². The summed E-state index contributed by atoms with van der Waals surface area (Å²) in [5, 5.41) is 11.7. The molecule has 7 heteroatoms. The highest BCUT2D eigenvalue weighted by Gasteiger charge is 2.16. The molecule has 142 valence electrons. The Morgan fingerprint density at radius 1 is 1.22 bits per heavy atom. The van der Waals surface area contributed by atoms with Crippen LogP contribution in [-0.4, -0.2) is 26.4 Å². The Kier molecular flexibility index (Phi) is 5.69. The summed E-state index contributed by atoms with van der Waals surface area (Å²) in [4.78, 5) is 30.2. The van der Waals surface area contributed by atoms with E-state index >= 15 is 0 Å². The predicted octanol–water partition coefficient (Wildman–Crippen LogP) is 2.46. The van der Waals surface area contributed by atoms with E-state index in [0.29, 0.717) is 29.8 Å². The van der Waals surface area contributed by atoms with E-state index in [9.17, 15) is 9.59 Å². The van der Waals surface area contributed by atoms with Gasteiger partial charge in [-0.3, -0.25) is 19.4 Å². The summed E-state index contributed by atoms with van der Waals surface area (Å²) in [7, 11) is 0. The first-order chi connectivity index (χ1) is 13.1. The molecule has 0 saturated carbocycles. The number of hydrogen-bond acceptors (Lipinski definition) is 4. The van der Waals surface area contributed by atoms with Gasteiger partial charge in [0.15, 0.2) is 0 Å². The number of rotatable bonds is 7. The fourth-order valence-corrected chi connectivity index (χ4v) is 3.17. The zero-order valence-electron chi connectivity index (χ0n) is 15.8. The van der Waals surface area contributed by atoms with E-state index < -0.39 is 0 Å².